The fourth-order valence-electron chi connectivity index (χ4n) is 5.08. The van der Waals surface area contributed by atoms with Gasteiger partial charge in [0.2, 0.25) is 0 Å². The molecule has 32 heavy (non-hydrogen) atoms. The van der Waals surface area contributed by atoms with Crippen molar-refractivity contribution in [1.82, 2.24) is 20.0 Å². The molecule has 0 atom stereocenters. The summed E-state index contributed by atoms with van der Waals surface area (Å²) in [7, 11) is 2.21. The molecule has 1 aromatic rings. The molecule has 3 fully saturated rings. The Hall–Kier alpha value is -1.18. The molecule has 6 nitrogen and oxygen atoms in total. The third-order valence-electron chi connectivity index (χ3n) is 7.34. The van der Waals surface area contributed by atoms with E-state index in [1.54, 1.807) is 0 Å². The number of nitrogens with one attached hydrogen (secondary N) is 1. The molecule has 1 N–H and O–H groups in total. The first-order valence-electron chi connectivity index (χ1n) is 12.9. The van der Waals surface area contributed by atoms with Crippen LogP contribution in [-0.4, -0.2) is 106 Å². The lowest BCUT2D eigenvalue weighted by Gasteiger charge is -2.38. The number of anilines is 1. The van der Waals surface area contributed by atoms with Crippen LogP contribution in [0, 0.1) is 5.92 Å². The zero-order chi connectivity index (χ0) is 22.3. The van der Waals surface area contributed by atoms with Crippen LogP contribution in [-0.2, 0) is 11.3 Å². The van der Waals surface area contributed by atoms with Crippen molar-refractivity contribution in [3.05, 3.63) is 29.8 Å². The number of nitrogens with zero attached hydrogens (tertiary/aromatic N) is 4. The molecular weight excluding hydrogens is 398 g/mol. The summed E-state index contributed by atoms with van der Waals surface area (Å²) < 4.78 is 6.14. The molecule has 0 radical (unpaired) electrons. The maximum absolute atomic E-state index is 6.14. The van der Waals surface area contributed by atoms with E-state index < -0.39 is 0 Å². The molecule has 2 aliphatic heterocycles. The number of ether oxygens (including phenoxy) is 1. The van der Waals surface area contributed by atoms with Crippen LogP contribution in [0.3, 0.4) is 0 Å². The number of hydrogen-bond acceptors (Lipinski definition) is 6. The molecule has 4 rings (SSSR count). The molecule has 0 amide bonds. The van der Waals surface area contributed by atoms with Crippen LogP contribution >= 0.6 is 0 Å². The molecule has 6 heteroatoms. The molecule has 0 bridgehead atoms. The third-order valence-corrected chi connectivity index (χ3v) is 7.34. The molecule has 180 valence electrons. The van der Waals surface area contributed by atoms with E-state index in [1.165, 1.54) is 44.0 Å². The van der Waals surface area contributed by atoms with Gasteiger partial charge in [-0.1, -0.05) is 26.0 Å². The lowest BCUT2D eigenvalue weighted by molar-refractivity contribution is -0.0283. The summed E-state index contributed by atoms with van der Waals surface area (Å²) in [5.41, 5.74) is 2.74. The number of rotatable bonds is 10. The van der Waals surface area contributed by atoms with E-state index in [2.05, 4.69) is 70.1 Å². The smallest absolute Gasteiger partial charge is 0.0605 e. The minimum atomic E-state index is 0.453. The Kier molecular flexibility index (Phi) is 8.83. The van der Waals surface area contributed by atoms with Gasteiger partial charge in [-0.2, -0.15) is 0 Å². The Morgan fingerprint density at radius 1 is 0.906 bits per heavy atom. The summed E-state index contributed by atoms with van der Waals surface area (Å²) in [5.74, 6) is 0.770. The van der Waals surface area contributed by atoms with Crippen molar-refractivity contribution in [3.8, 4) is 0 Å². The molecule has 0 unspecified atom stereocenters. The lowest BCUT2D eigenvalue weighted by Crippen LogP contribution is -2.49. The molecule has 3 aliphatic rings. The van der Waals surface area contributed by atoms with Gasteiger partial charge in [0.15, 0.2) is 0 Å². The number of piperazine rings is 2. The molecule has 1 aromatic carbocycles. The largest absolute Gasteiger partial charge is 0.377 e. The minimum absolute atomic E-state index is 0.453. The number of hydrogen-bond donors (Lipinski definition) is 1. The van der Waals surface area contributed by atoms with Crippen molar-refractivity contribution in [2.24, 2.45) is 5.92 Å². The maximum atomic E-state index is 6.14. The second-order valence-corrected chi connectivity index (χ2v) is 10.5. The highest BCUT2D eigenvalue weighted by Crippen LogP contribution is 2.24. The topological polar surface area (TPSA) is 34.2 Å². The van der Waals surface area contributed by atoms with Gasteiger partial charge in [-0.05, 0) is 43.5 Å². The Morgan fingerprint density at radius 2 is 1.56 bits per heavy atom. The summed E-state index contributed by atoms with van der Waals surface area (Å²) in [4.78, 5) is 10.1. The number of benzene rings is 1. The first-order valence-corrected chi connectivity index (χ1v) is 12.9. The third kappa shape index (κ3) is 7.16. The second-order valence-electron chi connectivity index (χ2n) is 10.5. The van der Waals surface area contributed by atoms with Crippen LogP contribution in [0.4, 0.5) is 5.69 Å². The van der Waals surface area contributed by atoms with E-state index in [-0.39, 0.29) is 0 Å². The van der Waals surface area contributed by atoms with Gasteiger partial charge in [0.1, 0.15) is 0 Å². The van der Waals surface area contributed by atoms with E-state index in [4.69, 9.17) is 4.74 Å². The Morgan fingerprint density at radius 3 is 2.22 bits per heavy atom. The highest BCUT2D eigenvalue weighted by Gasteiger charge is 2.29. The average Bonchev–Trinajstić information content (AvgIpc) is 2.76. The Labute approximate surface area is 195 Å². The summed E-state index contributed by atoms with van der Waals surface area (Å²) in [5, 5.41) is 3.71. The highest BCUT2D eigenvalue weighted by molar-refractivity contribution is 5.48. The van der Waals surface area contributed by atoms with Crippen LogP contribution < -0.4 is 10.2 Å². The Balaban J connectivity index is 1.04. The van der Waals surface area contributed by atoms with Crippen LogP contribution in [0.2, 0.25) is 0 Å². The second kappa shape index (κ2) is 11.8. The van der Waals surface area contributed by atoms with Gasteiger partial charge in [0.25, 0.3) is 0 Å². The van der Waals surface area contributed by atoms with E-state index in [0.29, 0.717) is 12.1 Å². The minimum Gasteiger partial charge on any atom is -0.377 e. The highest BCUT2D eigenvalue weighted by atomic mass is 16.5. The molecular formula is C26H45N5O. The fraction of sp³-hybridized carbons (Fsp3) is 0.769. The maximum Gasteiger partial charge on any atom is 0.0605 e. The fourth-order valence-corrected chi connectivity index (χ4v) is 5.08. The SMILES string of the molecule is CC(C)CN1CCN(CCOC2CC(NCc3ccc(N4CCN(C)CC4)cc3)C2)CC1. The van der Waals surface area contributed by atoms with Crippen LogP contribution in [0.15, 0.2) is 24.3 Å². The predicted octanol–water partition coefficient (Wildman–Crippen LogP) is 2.35. The van der Waals surface area contributed by atoms with Crippen molar-refractivity contribution >= 4 is 5.69 Å². The van der Waals surface area contributed by atoms with E-state index in [0.717, 1.165) is 64.6 Å². The van der Waals surface area contributed by atoms with Crippen molar-refractivity contribution < 1.29 is 4.74 Å². The summed E-state index contributed by atoms with van der Waals surface area (Å²) in [6, 6.07) is 9.76. The molecule has 2 saturated heterocycles. The van der Waals surface area contributed by atoms with Crippen molar-refractivity contribution in [2.45, 2.75) is 45.4 Å². The van der Waals surface area contributed by atoms with E-state index in [1.807, 2.05) is 0 Å². The monoisotopic (exact) mass is 443 g/mol. The zero-order valence-corrected chi connectivity index (χ0v) is 20.6. The van der Waals surface area contributed by atoms with Gasteiger partial charge in [0.05, 0.1) is 12.7 Å². The first-order chi connectivity index (χ1) is 15.5. The van der Waals surface area contributed by atoms with Gasteiger partial charge >= 0.3 is 0 Å². The van der Waals surface area contributed by atoms with Crippen LogP contribution in [0.25, 0.3) is 0 Å². The van der Waals surface area contributed by atoms with E-state index >= 15 is 0 Å². The van der Waals surface area contributed by atoms with Gasteiger partial charge in [0, 0.05) is 83.7 Å². The van der Waals surface area contributed by atoms with Crippen LogP contribution in [0.5, 0.6) is 0 Å². The average molecular weight is 444 g/mol. The quantitative estimate of drug-likeness (QED) is 0.598. The van der Waals surface area contributed by atoms with Crippen molar-refractivity contribution in [2.75, 3.05) is 84.0 Å². The molecule has 1 saturated carbocycles. The Bertz CT molecular complexity index is 659. The summed E-state index contributed by atoms with van der Waals surface area (Å²) in [6.07, 6.45) is 2.76. The first kappa shape index (κ1) is 24.0. The van der Waals surface area contributed by atoms with Crippen molar-refractivity contribution in [3.63, 3.8) is 0 Å². The van der Waals surface area contributed by atoms with Gasteiger partial charge < -0.3 is 24.8 Å². The summed E-state index contributed by atoms with van der Waals surface area (Å²) >= 11 is 0. The van der Waals surface area contributed by atoms with Crippen molar-refractivity contribution in [1.29, 1.82) is 0 Å². The van der Waals surface area contributed by atoms with E-state index in [9.17, 15) is 0 Å². The molecule has 0 spiro atoms. The normalized spacial score (nSPS) is 25.9. The van der Waals surface area contributed by atoms with Gasteiger partial charge in [-0.25, -0.2) is 0 Å². The molecule has 2 heterocycles. The molecule has 0 aromatic heterocycles. The van der Waals surface area contributed by atoms with Gasteiger partial charge in [-0.15, -0.1) is 0 Å². The summed E-state index contributed by atoms with van der Waals surface area (Å²) in [6.45, 7) is 18.2. The number of likely N-dealkylation sites (N-methyl/N-ethyl adjacent to an activating group) is 1. The molecule has 1 aliphatic carbocycles. The van der Waals surface area contributed by atoms with Crippen LogP contribution in [0.1, 0.15) is 32.3 Å². The van der Waals surface area contributed by atoms with Gasteiger partial charge in [-0.3, -0.25) is 4.90 Å². The lowest BCUT2D eigenvalue weighted by atomic mass is 9.89. The zero-order valence-electron chi connectivity index (χ0n) is 20.6. The predicted molar refractivity (Wildman–Crippen MR) is 133 cm³/mol. The standard InChI is InChI=1S/C26H45N5O/c1-22(2)21-30-12-10-29(11-13-30)16-17-32-26-18-24(19-26)27-20-23-4-6-25(7-5-23)31-14-8-28(3)9-15-31/h4-7,22,24,26-27H,8-21H2,1-3H3.